The molecular weight excluding hydrogens is 314 g/mol. The van der Waals surface area contributed by atoms with E-state index in [0.29, 0.717) is 5.75 Å². The zero-order chi connectivity index (χ0) is 14.7. The fourth-order valence-electron chi connectivity index (χ4n) is 2.51. The number of rotatable bonds is 4. The van der Waals surface area contributed by atoms with Gasteiger partial charge in [-0.3, -0.25) is 0 Å². The molecule has 2 aromatic carbocycles. The first-order chi connectivity index (χ1) is 9.52. The highest BCUT2D eigenvalue weighted by Crippen LogP contribution is 2.33. The minimum atomic E-state index is 0.110. The SMILES string of the molecule is CCN(c1cccc(C)c1)C(C)c1cc(Br)ccc1O. The molecule has 0 aliphatic carbocycles. The van der Waals surface area contributed by atoms with E-state index in [9.17, 15) is 5.11 Å². The maximum Gasteiger partial charge on any atom is 0.120 e. The van der Waals surface area contributed by atoms with Gasteiger partial charge in [-0.2, -0.15) is 0 Å². The highest BCUT2D eigenvalue weighted by Gasteiger charge is 2.18. The Morgan fingerprint density at radius 2 is 1.95 bits per heavy atom. The van der Waals surface area contributed by atoms with Gasteiger partial charge in [-0.1, -0.05) is 28.1 Å². The van der Waals surface area contributed by atoms with Gasteiger partial charge >= 0.3 is 0 Å². The number of hydrogen-bond donors (Lipinski definition) is 1. The largest absolute Gasteiger partial charge is 0.508 e. The Morgan fingerprint density at radius 1 is 1.20 bits per heavy atom. The van der Waals surface area contributed by atoms with Crippen LogP contribution >= 0.6 is 15.9 Å². The standard InChI is InChI=1S/C17H20BrNO/c1-4-19(15-7-5-6-12(2)10-15)13(3)16-11-14(18)8-9-17(16)20/h5-11,13,20H,4H2,1-3H3. The van der Waals surface area contributed by atoms with Crippen molar-refractivity contribution in [3.8, 4) is 5.75 Å². The summed E-state index contributed by atoms with van der Waals surface area (Å²) in [7, 11) is 0. The first-order valence-corrected chi connectivity index (χ1v) is 7.64. The monoisotopic (exact) mass is 333 g/mol. The number of anilines is 1. The van der Waals surface area contributed by atoms with Crippen molar-refractivity contribution in [2.75, 3.05) is 11.4 Å². The third-order valence-corrected chi connectivity index (χ3v) is 4.07. The van der Waals surface area contributed by atoms with Gasteiger partial charge in [0.2, 0.25) is 0 Å². The Balaban J connectivity index is 2.38. The smallest absolute Gasteiger partial charge is 0.120 e. The summed E-state index contributed by atoms with van der Waals surface area (Å²) >= 11 is 3.47. The molecule has 0 spiro atoms. The van der Waals surface area contributed by atoms with Crippen LogP contribution in [0.3, 0.4) is 0 Å². The van der Waals surface area contributed by atoms with Gasteiger partial charge in [-0.05, 0) is 56.7 Å². The number of halogens is 1. The average molecular weight is 334 g/mol. The van der Waals surface area contributed by atoms with E-state index in [2.05, 4.69) is 65.9 Å². The van der Waals surface area contributed by atoms with Gasteiger partial charge < -0.3 is 10.0 Å². The molecule has 0 aliphatic heterocycles. The maximum atomic E-state index is 10.1. The van der Waals surface area contributed by atoms with E-state index in [1.54, 1.807) is 6.07 Å². The maximum absolute atomic E-state index is 10.1. The summed E-state index contributed by atoms with van der Waals surface area (Å²) in [5.74, 6) is 0.340. The lowest BCUT2D eigenvalue weighted by Crippen LogP contribution is -2.26. The first kappa shape index (κ1) is 14.9. The summed E-state index contributed by atoms with van der Waals surface area (Å²) in [5.41, 5.74) is 3.36. The molecular formula is C17H20BrNO. The van der Waals surface area contributed by atoms with Crippen LogP contribution in [0.4, 0.5) is 5.69 Å². The molecule has 0 heterocycles. The predicted molar refractivity (Wildman–Crippen MR) is 88.4 cm³/mol. The zero-order valence-electron chi connectivity index (χ0n) is 12.1. The van der Waals surface area contributed by atoms with Crippen LogP contribution < -0.4 is 4.90 Å². The average Bonchev–Trinajstić information content (AvgIpc) is 2.42. The van der Waals surface area contributed by atoms with E-state index in [1.807, 2.05) is 12.1 Å². The number of aromatic hydroxyl groups is 1. The fraction of sp³-hybridized carbons (Fsp3) is 0.294. The van der Waals surface area contributed by atoms with E-state index in [0.717, 1.165) is 16.6 Å². The van der Waals surface area contributed by atoms with Gasteiger partial charge in [0.1, 0.15) is 5.75 Å². The number of aryl methyl sites for hydroxylation is 1. The third-order valence-electron chi connectivity index (χ3n) is 3.58. The molecule has 0 aromatic heterocycles. The Morgan fingerprint density at radius 3 is 2.60 bits per heavy atom. The van der Waals surface area contributed by atoms with E-state index >= 15 is 0 Å². The number of phenolic OH excluding ortho intramolecular Hbond substituents is 1. The molecule has 3 heteroatoms. The molecule has 2 aromatic rings. The van der Waals surface area contributed by atoms with Gasteiger partial charge in [0, 0.05) is 22.3 Å². The number of nitrogens with zero attached hydrogens (tertiary/aromatic N) is 1. The molecule has 0 radical (unpaired) electrons. The second kappa shape index (κ2) is 6.31. The summed E-state index contributed by atoms with van der Waals surface area (Å²) in [6.07, 6.45) is 0. The molecule has 1 unspecified atom stereocenters. The Hall–Kier alpha value is -1.48. The van der Waals surface area contributed by atoms with Crippen LogP contribution in [0, 0.1) is 6.92 Å². The van der Waals surface area contributed by atoms with Crippen LogP contribution in [0.25, 0.3) is 0 Å². The molecule has 20 heavy (non-hydrogen) atoms. The Labute approximate surface area is 129 Å². The highest BCUT2D eigenvalue weighted by atomic mass is 79.9. The lowest BCUT2D eigenvalue weighted by atomic mass is 10.0. The number of hydrogen-bond acceptors (Lipinski definition) is 2. The van der Waals surface area contributed by atoms with Crippen LogP contribution in [-0.4, -0.2) is 11.7 Å². The lowest BCUT2D eigenvalue weighted by Gasteiger charge is -2.31. The van der Waals surface area contributed by atoms with E-state index in [1.165, 1.54) is 11.3 Å². The molecule has 1 atom stereocenters. The summed E-state index contributed by atoms with van der Waals surface area (Å²) in [6.45, 7) is 7.23. The zero-order valence-corrected chi connectivity index (χ0v) is 13.7. The second-order valence-corrected chi connectivity index (χ2v) is 5.92. The van der Waals surface area contributed by atoms with Crippen LogP contribution in [0.2, 0.25) is 0 Å². The summed E-state index contributed by atoms with van der Waals surface area (Å²) in [4.78, 5) is 2.29. The molecule has 1 N–H and O–H groups in total. The molecule has 0 aliphatic rings. The van der Waals surface area contributed by atoms with Crippen molar-refractivity contribution in [2.45, 2.75) is 26.8 Å². The number of phenols is 1. The molecule has 0 amide bonds. The van der Waals surface area contributed by atoms with Gasteiger partial charge in [0.25, 0.3) is 0 Å². The molecule has 2 rings (SSSR count). The molecule has 0 saturated carbocycles. The minimum Gasteiger partial charge on any atom is -0.508 e. The van der Waals surface area contributed by atoms with Gasteiger partial charge in [-0.15, -0.1) is 0 Å². The van der Waals surface area contributed by atoms with E-state index < -0.39 is 0 Å². The topological polar surface area (TPSA) is 23.5 Å². The summed E-state index contributed by atoms with van der Waals surface area (Å²) in [5, 5.41) is 10.1. The highest BCUT2D eigenvalue weighted by molar-refractivity contribution is 9.10. The van der Waals surface area contributed by atoms with E-state index in [4.69, 9.17) is 0 Å². The second-order valence-electron chi connectivity index (χ2n) is 5.00. The molecule has 0 fully saturated rings. The van der Waals surface area contributed by atoms with E-state index in [-0.39, 0.29) is 6.04 Å². The van der Waals surface area contributed by atoms with Crippen molar-refractivity contribution in [1.29, 1.82) is 0 Å². The normalized spacial score (nSPS) is 12.2. The summed E-state index contributed by atoms with van der Waals surface area (Å²) < 4.78 is 0.984. The summed E-state index contributed by atoms with van der Waals surface area (Å²) in [6, 6.07) is 14.1. The number of benzene rings is 2. The first-order valence-electron chi connectivity index (χ1n) is 6.84. The van der Waals surface area contributed by atoms with Crippen molar-refractivity contribution in [2.24, 2.45) is 0 Å². The lowest BCUT2D eigenvalue weighted by molar-refractivity contribution is 0.461. The molecule has 0 bridgehead atoms. The van der Waals surface area contributed by atoms with Gasteiger partial charge in [-0.25, -0.2) is 0 Å². The van der Waals surface area contributed by atoms with Crippen molar-refractivity contribution in [3.63, 3.8) is 0 Å². The van der Waals surface area contributed by atoms with Gasteiger partial charge in [0.15, 0.2) is 0 Å². The van der Waals surface area contributed by atoms with Crippen LogP contribution in [0.1, 0.15) is 31.0 Å². The van der Waals surface area contributed by atoms with Crippen LogP contribution in [0.15, 0.2) is 46.9 Å². The van der Waals surface area contributed by atoms with Crippen molar-refractivity contribution in [3.05, 3.63) is 58.1 Å². The Kier molecular flexibility index (Phi) is 4.71. The Bertz CT molecular complexity index is 597. The molecule has 106 valence electrons. The minimum absolute atomic E-state index is 0.110. The van der Waals surface area contributed by atoms with Crippen molar-refractivity contribution >= 4 is 21.6 Å². The third kappa shape index (κ3) is 3.15. The van der Waals surface area contributed by atoms with Gasteiger partial charge in [0.05, 0.1) is 6.04 Å². The fourth-order valence-corrected chi connectivity index (χ4v) is 2.89. The van der Waals surface area contributed by atoms with Crippen molar-refractivity contribution in [1.82, 2.24) is 0 Å². The predicted octanol–water partition coefficient (Wildman–Crippen LogP) is 5.05. The molecule has 2 nitrogen and oxygen atoms in total. The van der Waals surface area contributed by atoms with Crippen LogP contribution in [0.5, 0.6) is 5.75 Å². The van der Waals surface area contributed by atoms with Crippen LogP contribution in [-0.2, 0) is 0 Å². The molecule has 0 saturated heterocycles. The van der Waals surface area contributed by atoms with Crippen molar-refractivity contribution < 1.29 is 5.11 Å². The quantitative estimate of drug-likeness (QED) is 0.846.